The van der Waals surface area contributed by atoms with Gasteiger partial charge in [0.25, 0.3) is 5.69 Å². The van der Waals surface area contributed by atoms with Gasteiger partial charge in [-0.1, -0.05) is 39.7 Å². The van der Waals surface area contributed by atoms with Crippen LogP contribution in [0.4, 0.5) is 5.69 Å². The zero-order valence-electron chi connectivity index (χ0n) is 10.7. The molecular weight excluding hydrogens is 348 g/mol. The number of rotatable bonds is 5. The van der Waals surface area contributed by atoms with Crippen molar-refractivity contribution in [2.75, 3.05) is 0 Å². The lowest BCUT2D eigenvalue weighted by Crippen LogP contribution is -2.04. The second-order valence-corrected chi connectivity index (χ2v) is 5.79. The summed E-state index contributed by atoms with van der Waals surface area (Å²) in [7, 11) is 0. The van der Waals surface area contributed by atoms with Crippen LogP contribution in [0.3, 0.4) is 0 Å². The Kier molecular flexibility index (Phi) is 4.72. The first kappa shape index (κ1) is 14.9. The van der Waals surface area contributed by atoms with Crippen LogP contribution >= 0.6 is 27.5 Å². The topological polar surface area (TPSA) is 73.8 Å². The second-order valence-electron chi connectivity index (χ2n) is 4.25. The van der Waals surface area contributed by atoms with Gasteiger partial charge in [0.15, 0.2) is 0 Å². The van der Waals surface area contributed by atoms with Gasteiger partial charge in [-0.15, -0.1) is 5.10 Å². The Bertz CT molecular complexity index is 632. The lowest BCUT2D eigenvalue weighted by molar-refractivity contribution is -0.385. The number of halogens is 2. The molecule has 0 spiro atoms. The van der Waals surface area contributed by atoms with Gasteiger partial charge in [-0.25, -0.2) is 4.68 Å². The maximum absolute atomic E-state index is 11.0. The molecule has 0 fully saturated rings. The van der Waals surface area contributed by atoms with E-state index in [0.29, 0.717) is 10.6 Å². The van der Waals surface area contributed by atoms with Crippen molar-refractivity contribution in [2.45, 2.75) is 24.7 Å². The molecule has 1 unspecified atom stereocenters. The van der Waals surface area contributed by atoms with Crippen LogP contribution in [0.25, 0.3) is 0 Å². The Morgan fingerprint density at radius 3 is 2.95 bits per heavy atom. The number of benzene rings is 1. The van der Waals surface area contributed by atoms with Gasteiger partial charge in [0, 0.05) is 17.3 Å². The Morgan fingerprint density at radius 1 is 1.55 bits per heavy atom. The maximum atomic E-state index is 11.0. The number of hydrogen-bond acceptors (Lipinski definition) is 4. The number of hydrogen-bond donors (Lipinski definition) is 0. The van der Waals surface area contributed by atoms with E-state index in [4.69, 9.17) is 11.6 Å². The van der Waals surface area contributed by atoms with E-state index in [1.165, 1.54) is 6.07 Å². The van der Waals surface area contributed by atoms with Crippen LogP contribution in [0.5, 0.6) is 0 Å². The van der Waals surface area contributed by atoms with E-state index < -0.39 is 4.92 Å². The normalized spacial score (nSPS) is 12.3. The summed E-state index contributed by atoms with van der Waals surface area (Å²) in [5.74, 6) is 0. The maximum Gasteiger partial charge on any atom is 0.275 e. The Hall–Kier alpha value is -1.47. The average Bonchev–Trinajstić information content (AvgIpc) is 2.88. The van der Waals surface area contributed by atoms with Gasteiger partial charge < -0.3 is 0 Å². The summed E-state index contributed by atoms with van der Waals surface area (Å²) in [6.45, 7) is 2.31. The molecule has 0 radical (unpaired) electrons. The molecule has 0 saturated heterocycles. The highest BCUT2D eigenvalue weighted by molar-refractivity contribution is 9.09. The summed E-state index contributed by atoms with van der Waals surface area (Å²) < 4.78 is 1.58. The Balaban J connectivity index is 2.26. The molecule has 1 aromatic heterocycles. The molecule has 0 amide bonds. The Labute approximate surface area is 129 Å². The molecule has 0 aliphatic rings. The number of nitro benzene ring substituents is 1. The molecular formula is C12H12BrClN4O2. The molecule has 106 valence electrons. The molecule has 1 atom stereocenters. The predicted octanol–water partition coefficient (Wildman–Crippen LogP) is 3.73. The van der Waals surface area contributed by atoms with Gasteiger partial charge in [0.2, 0.25) is 0 Å². The molecule has 8 heteroatoms. The van der Waals surface area contributed by atoms with Gasteiger partial charge in [-0.05, 0) is 18.6 Å². The monoisotopic (exact) mass is 358 g/mol. The van der Waals surface area contributed by atoms with Crippen molar-refractivity contribution in [3.63, 3.8) is 0 Å². The second kappa shape index (κ2) is 6.32. The fourth-order valence-electron chi connectivity index (χ4n) is 1.76. The zero-order chi connectivity index (χ0) is 14.7. The molecule has 1 heterocycles. The molecule has 1 aromatic carbocycles. The van der Waals surface area contributed by atoms with Crippen molar-refractivity contribution in [1.82, 2.24) is 15.0 Å². The lowest BCUT2D eigenvalue weighted by atomic mass is 10.2. The average molecular weight is 360 g/mol. The van der Waals surface area contributed by atoms with E-state index in [1.807, 2.05) is 6.92 Å². The van der Waals surface area contributed by atoms with Crippen molar-refractivity contribution in [2.24, 2.45) is 0 Å². The minimum atomic E-state index is -0.446. The predicted molar refractivity (Wildman–Crippen MR) is 79.2 cm³/mol. The molecule has 2 rings (SSSR count). The minimum Gasteiger partial charge on any atom is -0.258 e. The van der Waals surface area contributed by atoms with Crippen LogP contribution in [-0.4, -0.2) is 19.9 Å². The first-order valence-electron chi connectivity index (χ1n) is 5.98. The third kappa shape index (κ3) is 3.34. The smallest absolute Gasteiger partial charge is 0.258 e. The number of nitro groups is 1. The molecule has 0 N–H and O–H groups in total. The number of alkyl halides is 1. The molecule has 0 saturated carbocycles. The summed E-state index contributed by atoms with van der Waals surface area (Å²) in [6.07, 6.45) is 2.67. The number of aromatic nitrogens is 3. The third-order valence-electron chi connectivity index (χ3n) is 2.81. The first-order chi connectivity index (χ1) is 9.51. The van der Waals surface area contributed by atoms with E-state index in [9.17, 15) is 10.1 Å². The first-order valence-corrected chi connectivity index (χ1v) is 7.27. The number of nitrogens with zero attached hydrogens (tertiary/aromatic N) is 4. The molecule has 20 heavy (non-hydrogen) atoms. The quantitative estimate of drug-likeness (QED) is 0.463. The largest absolute Gasteiger partial charge is 0.275 e. The van der Waals surface area contributed by atoms with Crippen LogP contribution < -0.4 is 0 Å². The fourth-order valence-corrected chi connectivity index (χ4v) is 2.13. The van der Waals surface area contributed by atoms with E-state index in [0.717, 1.165) is 12.1 Å². The van der Waals surface area contributed by atoms with Crippen LogP contribution in [0.2, 0.25) is 5.02 Å². The van der Waals surface area contributed by atoms with Gasteiger partial charge in [0.05, 0.1) is 27.6 Å². The highest BCUT2D eigenvalue weighted by Gasteiger charge is 2.16. The van der Waals surface area contributed by atoms with Gasteiger partial charge >= 0.3 is 0 Å². The van der Waals surface area contributed by atoms with Crippen molar-refractivity contribution in [3.05, 3.63) is 50.8 Å². The van der Waals surface area contributed by atoms with Crippen LogP contribution in [0.1, 0.15) is 29.4 Å². The highest BCUT2D eigenvalue weighted by Crippen LogP contribution is 2.26. The highest BCUT2D eigenvalue weighted by atomic mass is 79.9. The summed E-state index contributed by atoms with van der Waals surface area (Å²) in [6, 6.07) is 4.60. The molecule has 0 bridgehead atoms. The summed E-state index contributed by atoms with van der Waals surface area (Å²) in [5, 5.41) is 19.4. The van der Waals surface area contributed by atoms with E-state index in [2.05, 4.69) is 26.2 Å². The summed E-state index contributed by atoms with van der Waals surface area (Å²) >= 11 is 9.27. The van der Waals surface area contributed by atoms with Gasteiger partial charge in [-0.3, -0.25) is 10.1 Å². The van der Waals surface area contributed by atoms with Crippen molar-refractivity contribution >= 4 is 33.2 Å². The fraction of sp³-hybridized carbons (Fsp3) is 0.333. The molecule has 6 nitrogen and oxygen atoms in total. The minimum absolute atomic E-state index is 0.0135. The van der Waals surface area contributed by atoms with Crippen molar-refractivity contribution in [3.8, 4) is 0 Å². The summed E-state index contributed by atoms with van der Waals surface area (Å²) in [4.78, 5) is 10.7. The van der Waals surface area contributed by atoms with E-state index in [1.54, 1.807) is 23.0 Å². The van der Waals surface area contributed by atoms with E-state index in [-0.39, 0.29) is 17.1 Å². The van der Waals surface area contributed by atoms with Gasteiger partial charge in [-0.2, -0.15) is 0 Å². The molecule has 2 aromatic rings. The lowest BCUT2D eigenvalue weighted by Gasteiger charge is -2.03. The SMILES string of the molecule is CCC(Br)c1cn(Cc2ccc(Cl)cc2[N+](=O)[O-])nn1. The zero-order valence-corrected chi connectivity index (χ0v) is 13.0. The molecule has 0 aliphatic carbocycles. The third-order valence-corrected chi connectivity index (χ3v) is 4.16. The van der Waals surface area contributed by atoms with Gasteiger partial charge in [0.1, 0.15) is 0 Å². The van der Waals surface area contributed by atoms with E-state index >= 15 is 0 Å². The van der Waals surface area contributed by atoms with Crippen LogP contribution in [0.15, 0.2) is 24.4 Å². The Morgan fingerprint density at radius 2 is 2.30 bits per heavy atom. The standard InChI is InChI=1S/C12H12BrClN4O2/c1-2-10(13)11-7-17(16-15-11)6-8-3-4-9(14)5-12(8)18(19)20/h3-5,7,10H,2,6H2,1H3. The van der Waals surface area contributed by atoms with Crippen molar-refractivity contribution in [1.29, 1.82) is 0 Å². The van der Waals surface area contributed by atoms with Crippen LogP contribution in [0, 0.1) is 10.1 Å². The van der Waals surface area contributed by atoms with Crippen molar-refractivity contribution < 1.29 is 4.92 Å². The summed E-state index contributed by atoms with van der Waals surface area (Å²) in [5.41, 5.74) is 1.34. The van der Waals surface area contributed by atoms with Crippen LogP contribution in [-0.2, 0) is 6.54 Å². The molecule has 0 aliphatic heterocycles.